The van der Waals surface area contributed by atoms with Crippen LogP contribution in [0, 0.1) is 0 Å². The number of carbonyl (C=O) groups excluding carboxylic acids is 1. The van der Waals surface area contributed by atoms with Gasteiger partial charge in [0.1, 0.15) is 24.7 Å². The number of fused-ring (bicyclic) bond motifs is 1. The molecule has 3 aromatic carbocycles. The van der Waals surface area contributed by atoms with E-state index in [9.17, 15) is 4.79 Å². The number of benzene rings is 3. The highest BCUT2D eigenvalue weighted by atomic mass is 16.7. The number of anilines is 2. The second kappa shape index (κ2) is 18.8. The fourth-order valence-corrected chi connectivity index (χ4v) is 6.74. The Morgan fingerprint density at radius 1 is 0.714 bits per heavy atom. The smallest absolute Gasteiger partial charge is 0.231 e. The first-order valence-electron chi connectivity index (χ1n) is 18.9. The van der Waals surface area contributed by atoms with Crippen molar-refractivity contribution in [3.8, 4) is 45.5 Å². The molecular weight excluding hydrogens is 717 g/mol. The standard InChI is InChI=1S/C25H28N4O5.C16H22N4O2/c1-28-21(6-7-26-28)20-16-19(3-5-22(20)32-13-10-29-8-11-31-12-9-29)27-25(30)15-18-2-4-23-24(14-18)34-17-33-23;1-19-15(4-5-18-19)14-12-13(17)2-3-16(14)22-11-8-20-6-9-21-10-7-20/h2-7,14,16H,8-13,15,17H2,1H3,(H,27,30);2-5,12H,6-11,17H2,1H3. The number of nitrogen functional groups attached to an aromatic ring is 1. The minimum atomic E-state index is -0.115. The topological polar surface area (TPSA) is 153 Å². The fourth-order valence-electron chi connectivity index (χ4n) is 6.74. The molecular formula is C41H50N8O7. The number of aromatic nitrogens is 4. The van der Waals surface area contributed by atoms with Gasteiger partial charge in [0, 0.05) is 88.3 Å². The molecule has 56 heavy (non-hydrogen) atoms. The SMILES string of the molecule is Cn1nccc1-c1cc(N)ccc1OCCN1CCOCC1.Cn1nccc1-c1cc(NC(=O)Cc2ccc3c(c2)OCO3)ccc1OCCN1CCOCC1. The lowest BCUT2D eigenvalue weighted by Gasteiger charge is -2.26. The quantitative estimate of drug-likeness (QED) is 0.166. The summed E-state index contributed by atoms with van der Waals surface area (Å²) in [5.74, 6) is 2.85. The molecule has 2 aromatic heterocycles. The highest BCUT2D eigenvalue weighted by Crippen LogP contribution is 2.35. The van der Waals surface area contributed by atoms with Crippen LogP contribution in [0.5, 0.6) is 23.0 Å². The second-order valence-corrected chi connectivity index (χ2v) is 13.7. The summed E-state index contributed by atoms with van der Waals surface area (Å²) in [6.45, 7) is 10.1. The van der Waals surface area contributed by atoms with Gasteiger partial charge in [-0.25, -0.2) is 0 Å². The minimum Gasteiger partial charge on any atom is -0.492 e. The largest absolute Gasteiger partial charge is 0.492 e. The van der Waals surface area contributed by atoms with Crippen LogP contribution in [0.1, 0.15) is 5.56 Å². The summed E-state index contributed by atoms with van der Waals surface area (Å²) in [5, 5.41) is 11.5. The summed E-state index contributed by atoms with van der Waals surface area (Å²) in [6.07, 6.45) is 3.75. The Balaban J connectivity index is 0.000000189. The van der Waals surface area contributed by atoms with Gasteiger partial charge >= 0.3 is 0 Å². The average molecular weight is 767 g/mol. The summed E-state index contributed by atoms with van der Waals surface area (Å²) in [6, 6.07) is 20.9. The zero-order valence-electron chi connectivity index (χ0n) is 32.0. The molecule has 2 fully saturated rings. The monoisotopic (exact) mass is 766 g/mol. The Kier molecular flexibility index (Phi) is 13.0. The van der Waals surface area contributed by atoms with Crippen molar-refractivity contribution in [3.05, 3.63) is 84.7 Å². The Labute approximate surface area is 326 Å². The van der Waals surface area contributed by atoms with E-state index in [0.717, 1.165) is 111 Å². The van der Waals surface area contributed by atoms with Crippen LogP contribution in [-0.4, -0.2) is 121 Å². The maximum atomic E-state index is 12.7. The van der Waals surface area contributed by atoms with E-state index < -0.39 is 0 Å². The van der Waals surface area contributed by atoms with Crippen LogP contribution in [0.3, 0.4) is 0 Å². The van der Waals surface area contributed by atoms with E-state index in [1.54, 1.807) is 17.1 Å². The number of ether oxygens (including phenoxy) is 6. The first-order valence-corrected chi connectivity index (χ1v) is 18.9. The number of hydrogen-bond acceptors (Lipinski definition) is 12. The number of nitrogens with one attached hydrogen (secondary N) is 1. The molecule has 296 valence electrons. The van der Waals surface area contributed by atoms with Gasteiger partial charge in [0.2, 0.25) is 12.7 Å². The summed E-state index contributed by atoms with van der Waals surface area (Å²) in [4.78, 5) is 17.4. The zero-order chi connectivity index (χ0) is 38.7. The van der Waals surface area contributed by atoms with Gasteiger partial charge < -0.3 is 39.5 Å². The summed E-state index contributed by atoms with van der Waals surface area (Å²) in [7, 11) is 3.80. The van der Waals surface area contributed by atoms with Gasteiger partial charge in [-0.3, -0.25) is 24.0 Å². The molecule has 0 spiro atoms. The van der Waals surface area contributed by atoms with Crippen molar-refractivity contribution >= 4 is 17.3 Å². The molecule has 3 N–H and O–H groups in total. The number of morpholine rings is 2. The second-order valence-electron chi connectivity index (χ2n) is 13.7. The maximum Gasteiger partial charge on any atom is 0.231 e. The molecule has 0 saturated carbocycles. The van der Waals surface area contributed by atoms with Crippen molar-refractivity contribution in [2.75, 3.05) is 96.8 Å². The molecule has 1 amide bonds. The fraction of sp³-hybridized carbons (Fsp3) is 0.390. The molecule has 0 unspecified atom stereocenters. The molecule has 2 saturated heterocycles. The molecule has 15 heteroatoms. The lowest BCUT2D eigenvalue weighted by molar-refractivity contribution is -0.115. The predicted octanol–water partition coefficient (Wildman–Crippen LogP) is 4.09. The van der Waals surface area contributed by atoms with Crippen molar-refractivity contribution in [2.24, 2.45) is 14.1 Å². The van der Waals surface area contributed by atoms with E-state index in [1.807, 2.05) is 85.5 Å². The lowest BCUT2D eigenvalue weighted by atomic mass is 10.1. The third-order valence-corrected chi connectivity index (χ3v) is 9.80. The van der Waals surface area contributed by atoms with Crippen molar-refractivity contribution in [1.29, 1.82) is 0 Å². The first kappa shape index (κ1) is 38.7. The van der Waals surface area contributed by atoms with Crippen molar-refractivity contribution in [1.82, 2.24) is 29.4 Å². The lowest BCUT2D eigenvalue weighted by Crippen LogP contribution is -2.38. The molecule has 5 aromatic rings. The molecule has 3 aliphatic heterocycles. The van der Waals surface area contributed by atoms with E-state index in [0.29, 0.717) is 30.4 Å². The molecule has 15 nitrogen and oxygen atoms in total. The summed E-state index contributed by atoms with van der Waals surface area (Å²) in [5.41, 5.74) is 12.0. The van der Waals surface area contributed by atoms with Crippen LogP contribution < -0.4 is 30.0 Å². The average Bonchev–Trinajstić information content (AvgIpc) is 3.98. The maximum absolute atomic E-state index is 12.7. The van der Waals surface area contributed by atoms with Crippen LogP contribution >= 0.6 is 0 Å². The van der Waals surface area contributed by atoms with E-state index in [4.69, 9.17) is 34.2 Å². The zero-order valence-corrected chi connectivity index (χ0v) is 32.0. The molecule has 8 rings (SSSR count). The van der Waals surface area contributed by atoms with E-state index >= 15 is 0 Å². The van der Waals surface area contributed by atoms with E-state index in [1.165, 1.54) is 0 Å². The number of rotatable bonds is 13. The molecule has 0 bridgehead atoms. The normalized spacial score (nSPS) is 15.5. The number of aryl methyl sites for hydroxylation is 2. The predicted molar refractivity (Wildman–Crippen MR) is 212 cm³/mol. The van der Waals surface area contributed by atoms with Crippen molar-refractivity contribution in [2.45, 2.75) is 6.42 Å². The Bertz CT molecular complexity index is 2060. The number of hydrogen-bond donors (Lipinski definition) is 2. The number of carbonyl (C=O) groups is 1. The number of nitrogens with two attached hydrogens (primary N) is 1. The third-order valence-electron chi connectivity index (χ3n) is 9.80. The highest BCUT2D eigenvalue weighted by Gasteiger charge is 2.18. The van der Waals surface area contributed by atoms with Gasteiger partial charge in [0.25, 0.3) is 0 Å². The van der Waals surface area contributed by atoms with Crippen LogP contribution in [0.25, 0.3) is 22.5 Å². The van der Waals surface area contributed by atoms with E-state index in [2.05, 4.69) is 25.3 Å². The number of nitrogens with zero attached hydrogens (tertiary/aromatic N) is 6. The Hall–Kier alpha value is -5.61. The molecule has 0 aliphatic carbocycles. The molecule has 0 atom stereocenters. The van der Waals surface area contributed by atoms with Crippen molar-refractivity contribution < 1.29 is 33.2 Å². The van der Waals surface area contributed by atoms with Gasteiger partial charge in [-0.05, 0) is 66.2 Å². The van der Waals surface area contributed by atoms with E-state index in [-0.39, 0.29) is 19.1 Å². The first-order chi connectivity index (χ1) is 27.4. The highest BCUT2D eigenvalue weighted by molar-refractivity contribution is 5.93. The summed E-state index contributed by atoms with van der Waals surface area (Å²) < 4.78 is 37.3. The molecule has 0 radical (unpaired) electrons. The van der Waals surface area contributed by atoms with Gasteiger partial charge in [-0.2, -0.15) is 10.2 Å². The van der Waals surface area contributed by atoms with Crippen LogP contribution in [0.15, 0.2) is 79.1 Å². The van der Waals surface area contributed by atoms with Gasteiger partial charge in [-0.1, -0.05) is 6.07 Å². The van der Waals surface area contributed by atoms with Gasteiger partial charge in [-0.15, -0.1) is 0 Å². The van der Waals surface area contributed by atoms with Gasteiger partial charge in [0.05, 0.1) is 44.2 Å². The molecule has 5 heterocycles. The van der Waals surface area contributed by atoms with Gasteiger partial charge in [0.15, 0.2) is 11.5 Å². The minimum absolute atomic E-state index is 0.115. The third kappa shape index (κ3) is 10.2. The summed E-state index contributed by atoms with van der Waals surface area (Å²) >= 11 is 0. The van der Waals surface area contributed by atoms with Crippen LogP contribution in [0.4, 0.5) is 11.4 Å². The molecule has 3 aliphatic rings. The Morgan fingerprint density at radius 3 is 1.88 bits per heavy atom. The van der Waals surface area contributed by atoms with Crippen LogP contribution in [0.2, 0.25) is 0 Å². The van der Waals surface area contributed by atoms with Crippen LogP contribution in [-0.2, 0) is 34.8 Å². The van der Waals surface area contributed by atoms with Crippen molar-refractivity contribution in [3.63, 3.8) is 0 Å². The Morgan fingerprint density at radius 2 is 1.29 bits per heavy atom. The number of amides is 1.